The predicted molar refractivity (Wildman–Crippen MR) is 102 cm³/mol. The Morgan fingerprint density at radius 2 is 1.88 bits per heavy atom. The molecule has 0 saturated heterocycles. The molecule has 126 valence electrons. The van der Waals surface area contributed by atoms with Crippen LogP contribution in [0.1, 0.15) is 10.4 Å². The van der Waals surface area contributed by atoms with E-state index in [1.807, 2.05) is 6.07 Å². The van der Waals surface area contributed by atoms with Crippen LogP contribution in [0.4, 0.5) is 10.1 Å². The molecule has 2 aromatic carbocycles. The van der Waals surface area contributed by atoms with Crippen LogP contribution in [0.2, 0.25) is 5.02 Å². The van der Waals surface area contributed by atoms with Crippen LogP contribution in [0.3, 0.4) is 0 Å². The Labute approximate surface area is 161 Å². The molecule has 25 heavy (non-hydrogen) atoms. The van der Waals surface area contributed by atoms with Gasteiger partial charge in [0.05, 0.1) is 11.3 Å². The fourth-order valence-electron chi connectivity index (χ4n) is 2.05. The lowest BCUT2D eigenvalue weighted by Gasteiger charge is -2.11. The number of pyridine rings is 1. The monoisotopic (exact) mass is 436 g/mol. The third kappa shape index (κ3) is 4.81. The molecule has 0 aliphatic rings. The lowest BCUT2D eigenvalue weighted by atomic mass is 10.2. The summed E-state index contributed by atoms with van der Waals surface area (Å²) in [5.74, 6) is -0.590. The third-order valence-electron chi connectivity index (χ3n) is 3.20. The SMILES string of the molecule is O=C(Nc1cc(Cl)ccc1Sc1ccc(F)cc1)c1cncc(Br)c1. The molecule has 0 bridgehead atoms. The number of aromatic nitrogens is 1. The summed E-state index contributed by atoms with van der Waals surface area (Å²) in [6, 6.07) is 13.1. The second kappa shape index (κ2) is 7.99. The van der Waals surface area contributed by atoms with Crippen molar-refractivity contribution in [2.45, 2.75) is 9.79 Å². The maximum absolute atomic E-state index is 13.1. The number of carbonyl (C=O) groups is 1. The number of anilines is 1. The van der Waals surface area contributed by atoms with E-state index < -0.39 is 0 Å². The van der Waals surface area contributed by atoms with Crippen molar-refractivity contribution in [2.75, 3.05) is 5.32 Å². The van der Waals surface area contributed by atoms with Gasteiger partial charge in [0.2, 0.25) is 0 Å². The average molecular weight is 438 g/mol. The van der Waals surface area contributed by atoms with Gasteiger partial charge in [0.1, 0.15) is 5.82 Å². The summed E-state index contributed by atoms with van der Waals surface area (Å²) in [6.45, 7) is 0. The molecule has 0 aliphatic heterocycles. The normalized spacial score (nSPS) is 10.5. The molecule has 0 radical (unpaired) electrons. The van der Waals surface area contributed by atoms with Crippen LogP contribution in [0.25, 0.3) is 0 Å². The first-order chi connectivity index (χ1) is 12.0. The second-order valence-corrected chi connectivity index (χ2v) is 7.51. The molecule has 1 amide bonds. The summed E-state index contributed by atoms with van der Waals surface area (Å²) in [5.41, 5.74) is 0.999. The molecule has 0 aliphatic carbocycles. The number of nitrogens with zero attached hydrogens (tertiary/aromatic N) is 1. The molecule has 0 saturated carbocycles. The van der Waals surface area contributed by atoms with Gasteiger partial charge in [-0.25, -0.2) is 4.39 Å². The van der Waals surface area contributed by atoms with Gasteiger partial charge in [-0.05, 0) is 64.5 Å². The highest BCUT2D eigenvalue weighted by atomic mass is 79.9. The Kier molecular flexibility index (Phi) is 5.73. The van der Waals surface area contributed by atoms with E-state index in [1.165, 1.54) is 30.1 Å². The Balaban J connectivity index is 1.86. The molecule has 0 atom stereocenters. The Morgan fingerprint density at radius 3 is 2.60 bits per heavy atom. The first-order valence-corrected chi connectivity index (χ1v) is 9.15. The van der Waals surface area contributed by atoms with Crippen LogP contribution in [-0.4, -0.2) is 10.9 Å². The maximum Gasteiger partial charge on any atom is 0.257 e. The van der Waals surface area contributed by atoms with E-state index in [2.05, 4.69) is 26.2 Å². The molecule has 0 unspecified atom stereocenters. The fraction of sp³-hybridized carbons (Fsp3) is 0. The average Bonchev–Trinajstić information content (AvgIpc) is 2.59. The van der Waals surface area contributed by atoms with Crippen LogP contribution in [0.5, 0.6) is 0 Å². The number of amides is 1. The summed E-state index contributed by atoms with van der Waals surface area (Å²) < 4.78 is 13.8. The first kappa shape index (κ1) is 17.9. The summed E-state index contributed by atoms with van der Waals surface area (Å²) in [6.07, 6.45) is 3.09. The molecule has 1 heterocycles. The van der Waals surface area contributed by atoms with Gasteiger partial charge in [0.15, 0.2) is 0 Å². The lowest BCUT2D eigenvalue weighted by molar-refractivity contribution is 0.102. The van der Waals surface area contributed by atoms with Crippen molar-refractivity contribution in [3.05, 3.63) is 81.8 Å². The van der Waals surface area contributed by atoms with Gasteiger partial charge in [-0.3, -0.25) is 9.78 Å². The van der Waals surface area contributed by atoms with E-state index >= 15 is 0 Å². The van der Waals surface area contributed by atoms with Crippen LogP contribution in [0.15, 0.2) is 75.2 Å². The van der Waals surface area contributed by atoms with Crippen LogP contribution < -0.4 is 5.32 Å². The number of nitrogens with one attached hydrogen (secondary N) is 1. The first-order valence-electron chi connectivity index (χ1n) is 7.16. The number of carbonyl (C=O) groups excluding carboxylic acids is 1. The molecule has 1 N–H and O–H groups in total. The van der Waals surface area contributed by atoms with Crippen molar-refractivity contribution in [1.82, 2.24) is 4.98 Å². The quantitative estimate of drug-likeness (QED) is 0.541. The summed E-state index contributed by atoms with van der Waals surface area (Å²) in [5, 5.41) is 3.35. The van der Waals surface area contributed by atoms with Crippen molar-refractivity contribution in [3.8, 4) is 0 Å². The maximum atomic E-state index is 13.1. The molecule has 0 spiro atoms. The minimum absolute atomic E-state index is 0.294. The van der Waals surface area contributed by atoms with Crippen LogP contribution in [0, 0.1) is 5.82 Å². The van der Waals surface area contributed by atoms with E-state index in [-0.39, 0.29) is 11.7 Å². The van der Waals surface area contributed by atoms with E-state index in [1.54, 1.807) is 36.5 Å². The summed E-state index contributed by atoms with van der Waals surface area (Å²) >= 11 is 10.8. The van der Waals surface area contributed by atoms with Gasteiger partial charge < -0.3 is 5.32 Å². The van der Waals surface area contributed by atoms with Gasteiger partial charge in [-0.15, -0.1) is 0 Å². The molecular weight excluding hydrogens is 427 g/mol. The fourth-order valence-corrected chi connectivity index (χ4v) is 3.47. The summed E-state index contributed by atoms with van der Waals surface area (Å²) in [4.78, 5) is 18.1. The summed E-state index contributed by atoms with van der Waals surface area (Å²) in [7, 11) is 0. The number of hydrogen-bond acceptors (Lipinski definition) is 3. The standard InChI is InChI=1S/C18H11BrClFN2OS/c19-12-7-11(9-22-10-12)18(24)23-16-8-13(20)1-6-17(16)25-15-4-2-14(21)3-5-15/h1-10H,(H,23,24). The number of benzene rings is 2. The highest BCUT2D eigenvalue weighted by Gasteiger charge is 2.12. The third-order valence-corrected chi connectivity index (χ3v) is 4.95. The van der Waals surface area contributed by atoms with Crippen molar-refractivity contribution in [3.63, 3.8) is 0 Å². The predicted octanol–water partition coefficient (Wildman–Crippen LogP) is 6.04. The zero-order chi connectivity index (χ0) is 17.8. The minimum atomic E-state index is -0.295. The second-order valence-electron chi connectivity index (χ2n) is 5.04. The van der Waals surface area contributed by atoms with Gasteiger partial charge in [-0.2, -0.15) is 0 Å². The van der Waals surface area contributed by atoms with E-state index in [9.17, 15) is 9.18 Å². The van der Waals surface area contributed by atoms with E-state index in [0.717, 1.165) is 9.79 Å². The largest absolute Gasteiger partial charge is 0.321 e. The number of rotatable bonds is 4. The van der Waals surface area contributed by atoms with Crippen molar-refractivity contribution in [1.29, 1.82) is 0 Å². The Hall–Kier alpha value is -1.89. The van der Waals surface area contributed by atoms with Gasteiger partial charge in [-0.1, -0.05) is 23.4 Å². The highest BCUT2D eigenvalue weighted by molar-refractivity contribution is 9.10. The molecule has 3 rings (SSSR count). The molecular formula is C18H11BrClFN2OS. The Bertz CT molecular complexity index is 921. The molecule has 0 fully saturated rings. The molecule has 3 aromatic rings. The topological polar surface area (TPSA) is 42.0 Å². The van der Waals surface area contributed by atoms with Crippen LogP contribution in [-0.2, 0) is 0 Å². The van der Waals surface area contributed by atoms with Crippen LogP contribution >= 0.6 is 39.3 Å². The van der Waals surface area contributed by atoms with E-state index in [0.29, 0.717) is 20.7 Å². The number of hydrogen-bond donors (Lipinski definition) is 1. The highest BCUT2D eigenvalue weighted by Crippen LogP contribution is 2.35. The van der Waals surface area contributed by atoms with Gasteiger partial charge >= 0.3 is 0 Å². The van der Waals surface area contributed by atoms with E-state index in [4.69, 9.17) is 11.6 Å². The van der Waals surface area contributed by atoms with Crippen molar-refractivity contribution in [2.24, 2.45) is 0 Å². The van der Waals surface area contributed by atoms with Crippen molar-refractivity contribution < 1.29 is 9.18 Å². The van der Waals surface area contributed by atoms with Crippen molar-refractivity contribution >= 4 is 50.9 Å². The Morgan fingerprint density at radius 1 is 1.12 bits per heavy atom. The molecule has 1 aromatic heterocycles. The minimum Gasteiger partial charge on any atom is -0.321 e. The zero-order valence-corrected chi connectivity index (χ0v) is 15.8. The number of halogens is 3. The zero-order valence-electron chi connectivity index (χ0n) is 12.7. The smallest absolute Gasteiger partial charge is 0.257 e. The van der Waals surface area contributed by atoms with Gasteiger partial charge in [0.25, 0.3) is 5.91 Å². The van der Waals surface area contributed by atoms with Gasteiger partial charge in [0, 0.05) is 31.7 Å². The molecule has 3 nitrogen and oxygen atoms in total. The molecule has 7 heteroatoms. The lowest BCUT2D eigenvalue weighted by Crippen LogP contribution is -2.12.